The molecule has 0 fully saturated rings. The number of esters is 1. The van der Waals surface area contributed by atoms with Gasteiger partial charge in [-0.2, -0.15) is 0 Å². The summed E-state index contributed by atoms with van der Waals surface area (Å²) in [6.07, 6.45) is 3.11. The van der Waals surface area contributed by atoms with E-state index in [0.29, 0.717) is 18.2 Å². The summed E-state index contributed by atoms with van der Waals surface area (Å²) in [6, 6.07) is 3.84. The molecule has 0 spiro atoms. The Balaban J connectivity index is 2.40. The Bertz CT molecular complexity index is 354. The molecule has 6 heteroatoms. The zero-order valence-corrected chi connectivity index (χ0v) is 11.3. The summed E-state index contributed by atoms with van der Waals surface area (Å²) in [5.41, 5.74) is 0.498. The third kappa shape index (κ3) is 4.26. The van der Waals surface area contributed by atoms with E-state index in [1.54, 1.807) is 38.7 Å². The minimum atomic E-state index is -2.15. The standard InChI is InChI=1S/C11H17NO4Si/c1-14-17(3,15-2)9-8-16-11(13)10-4-6-12-7-5-10/h4-7H,8-9H2,1-3H3. The SMILES string of the molecule is CO[Si](C)(CCOC(=O)c1ccncc1)OC. The van der Waals surface area contributed by atoms with Crippen LogP contribution in [0.2, 0.25) is 12.6 Å². The van der Waals surface area contributed by atoms with Crippen molar-refractivity contribution in [3.8, 4) is 0 Å². The Morgan fingerprint density at radius 2 is 1.88 bits per heavy atom. The molecule has 0 saturated carbocycles. The number of ether oxygens (including phenoxy) is 1. The summed E-state index contributed by atoms with van der Waals surface area (Å²) < 4.78 is 15.7. The Kier molecular flexibility index (Phi) is 5.27. The van der Waals surface area contributed by atoms with E-state index >= 15 is 0 Å². The first-order chi connectivity index (χ1) is 8.11. The van der Waals surface area contributed by atoms with Gasteiger partial charge in [0.15, 0.2) is 0 Å². The largest absolute Gasteiger partial charge is 0.462 e. The van der Waals surface area contributed by atoms with Crippen LogP contribution in [0.3, 0.4) is 0 Å². The Morgan fingerprint density at radius 3 is 2.41 bits per heavy atom. The number of pyridine rings is 1. The fraction of sp³-hybridized carbons (Fsp3) is 0.455. The summed E-state index contributed by atoms with van der Waals surface area (Å²) >= 11 is 0. The normalized spacial score (nSPS) is 11.2. The van der Waals surface area contributed by atoms with Crippen molar-refractivity contribution in [3.05, 3.63) is 30.1 Å². The lowest BCUT2D eigenvalue weighted by Gasteiger charge is -2.22. The first-order valence-electron chi connectivity index (χ1n) is 5.29. The molecular weight excluding hydrogens is 238 g/mol. The van der Waals surface area contributed by atoms with Gasteiger partial charge in [-0.05, 0) is 18.7 Å². The molecule has 0 aliphatic heterocycles. The zero-order valence-electron chi connectivity index (χ0n) is 10.3. The van der Waals surface area contributed by atoms with Crippen molar-refractivity contribution < 1.29 is 18.4 Å². The molecule has 1 aromatic heterocycles. The quantitative estimate of drug-likeness (QED) is 0.571. The summed E-state index contributed by atoms with van der Waals surface area (Å²) in [5, 5.41) is 0. The van der Waals surface area contributed by atoms with E-state index in [9.17, 15) is 4.79 Å². The Hall–Kier alpha value is -1.24. The van der Waals surface area contributed by atoms with Gasteiger partial charge in [-0.15, -0.1) is 0 Å². The van der Waals surface area contributed by atoms with Crippen molar-refractivity contribution in [2.45, 2.75) is 12.6 Å². The lowest BCUT2D eigenvalue weighted by atomic mass is 10.3. The average molecular weight is 255 g/mol. The van der Waals surface area contributed by atoms with Gasteiger partial charge in [-0.3, -0.25) is 4.98 Å². The van der Waals surface area contributed by atoms with Crippen LogP contribution in [0.1, 0.15) is 10.4 Å². The van der Waals surface area contributed by atoms with Gasteiger partial charge >= 0.3 is 14.5 Å². The predicted molar refractivity (Wildman–Crippen MR) is 65.0 cm³/mol. The van der Waals surface area contributed by atoms with Crippen LogP contribution < -0.4 is 0 Å². The van der Waals surface area contributed by atoms with Crippen molar-refractivity contribution in [2.75, 3.05) is 20.8 Å². The molecule has 1 aromatic rings. The van der Waals surface area contributed by atoms with Crippen LogP contribution in [0, 0.1) is 0 Å². The molecule has 94 valence electrons. The molecule has 0 saturated heterocycles. The van der Waals surface area contributed by atoms with Gasteiger partial charge in [-0.25, -0.2) is 4.79 Å². The van der Waals surface area contributed by atoms with Gasteiger partial charge in [0.05, 0.1) is 12.2 Å². The fourth-order valence-corrected chi connectivity index (χ4v) is 2.24. The van der Waals surface area contributed by atoms with Crippen LogP contribution in [0.5, 0.6) is 0 Å². The lowest BCUT2D eigenvalue weighted by molar-refractivity contribution is 0.0516. The first kappa shape index (κ1) is 13.8. The molecule has 1 rings (SSSR count). The monoisotopic (exact) mass is 255 g/mol. The summed E-state index contributed by atoms with van der Waals surface area (Å²) in [7, 11) is 1.07. The molecule has 0 aromatic carbocycles. The summed E-state index contributed by atoms with van der Waals surface area (Å²) in [6.45, 7) is 2.22. The van der Waals surface area contributed by atoms with Crippen molar-refractivity contribution in [1.29, 1.82) is 0 Å². The molecule has 0 bridgehead atoms. The molecule has 0 N–H and O–H groups in total. The van der Waals surface area contributed by atoms with Gasteiger partial charge in [0.25, 0.3) is 0 Å². The fourth-order valence-electron chi connectivity index (χ4n) is 1.19. The smallest absolute Gasteiger partial charge is 0.338 e. The van der Waals surface area contributed by atoms with Crippen molar-refractivity contribution in [3.63, 3.8) is 0 Å². The minimum absolute atomic E-state index is 0.297. The van der Waals surface area contributed by atoms with Gasteiger partial charge in [0.1, 0.15) is 0 Å². The molecule has 0 aliphatic carbocycles. The first-order valence-corrected chi connectivity index (χ1v) is 7.81. The number of hydrogen-bond acceptors (Lipinski definition) is 5. The maximum Gasteiger partial charge on any atom is 0.338 e. The van der Waals surface area contributed by atoms with Crippen molar-refractivity contribution in [2.24, 2.45) is 0 Å². The number of nitrogens with zero attached hydrogens (tertiary/aromatic N) is 1. The number of carbonyl (C=O) groups is 1. The number of aromatic nitrogens is 1. The maximum atomic E-state index is 11.6. The van der Waals surface area contributed by atoms with Gasteiger partial charge in [0.2, 0.25) is 0 Å². The molecule has 17 heavy (non-hydrogen) atoms. The van der Waals surface area contributed by atoms with E-state index in [2.05, 4.69) is 4.98 Å². The third-order valence-corrected chi connectivity index (χ3v) is 5.41. The highest BCUT2D eigenvalue weighted by molar-refractivity contribution is 6.66. The van der Waals surface area contributed by atoms with Crippen LogP contribution in [0.15, 0.2) is 24.5 Å². The number of carbonyl (C=O) groups excluding carboxylic acids is 1. The minimum Gasteiger partial charge on any atom is -0.462 e. The third-order valence-electron chi connectivity index (χ3n) is 2.57. The Labute approximate surface area is 102 Å². The topological polar surface area (TPSA) is 57.7 Å². The van der Waals surface area contributed by atoms with Crippen molar-refractivity contribution >= 4 is 14.5 Å². The van der Waals surface area contributed by atoms with E-state index < -0.39 is 8.56 Å². The van der Waals surface area contributed by atoms with Crippen LogP contribution in [-0.2, 0) is 13.6 Å². The zero-order chi connectivity index (χ0) is 12.7. The molecule has 1 heterocycles. The van der Waals surface area contributed by atoms with Crippen LogP contribution in [0.25, 0.3) is 0 Å². The molecule has 0 amide bonds. The highest BCUT2D eigenvalue weighted by Crippen LogP contribution is 2.11. The highest BCUT2D eigenvalue weighted by Gasteiger charge is 2.28. The van der Waals surface area contributed by atoms with Gasteiger partial charge in [-0.1, -0.05) is 0 Å². The summed E-state index contributed by atoms with van der Waals surface area (Å²) in [5.74, 6) is -0.351. The van der Waals surface area contributed by atoms with E-state index in [1.165, 1.54) is 0 Å². The van der Waals surface area contributed by atoms with E-state index in [0.717, 1.165) is 0 Å². The number of rotatable bonds is 6. The molecule has 5 nitrogen and oxygen atoms in total. The van der Waals surface area contributed by atoms with E-state index in [1.807, 2.05) is 6.55 Å². The summed E-state index contributed by atoms with van der Waals surface area (Å²) in [4.78, 5) is 15.4. The van der Waals surface area contributed by atoms with Gasteiger partial charge in [0, 0.05) is 32.7 Å². The molecule has 0 unspecified atom stereocenters. The van der Waals surface area contributed by atoms with Crippen LogP contribution >= 0.6 is 0 Å². The molecule has 0 aliphatic rings. The molecule has 0 atom stereocenters. The van der Waals surface area contributed by atoms with Gasteiger partial charge < -0.3 is 13.6 Å². The number of hydrogen-bond donors (Lipinski definition) is 0. The Morgan fingerprint density at radius 1 is 1.29 bits per heavy atom. The van der Waals surface area contributed by atoms with Crippen LogP contribution in [0.4, 0.5) is 0 Å². The maximum absolute atomic E-state index is 11.6. The predicted octanol–water partition coefficient (Wildman–Crippen LogP) is 1.60. The average Bonchev–Trinajstić information content (AvgIpc) is 2.39. The second kappa shape index (κ2) is 6.48. The van der Waals surface area contributed by atoms with Crippen molar-refractivity contribution in [1.82, 2.24) is 4.98 Å². The molecule has 0 radical (unpaired) electrons. The van der Waals surface area contributed by atoms with E-state index in [-0.39, 0.29) is 5.97 Å². The lowest BCUT2D eigenvalue weighted by Crippen LogP contribution is -2.37. The second-order valence-corrected chi connectivity index (χ2v) is 7.25. The molecular formula is C11H17NO4Si. The second-order valence-electron chi connectivity index (χ2n) is 3.66. The van der Waals surface area contributed by atoms with E-state index in [4.69, 9.17) is 13.6 Å². The highest BCUT2D eigenvalue weighted by atomic mass is 28.4. The van der Waals surface area contributed by atoms with Crippen LogP contribution in [-0.4, -0.2) is 40.3 Å².